The van der Waals surface area contributed by atoms with E-state index in [4.69, 9.17) is 4.74 Å². The highest BCUT2D eigenvalue weighted by atomic mass is 16.5. The summed E-state index contributed by atoms with van der Waals surface area (Å²) in [6.45, 7) is 5.49. The van der Waals surface area contributed by atoms with Crippen LogP contribution in [0.15, 0.2) is 48.5 Å². The summed E-state index contributed by atoms with van der Waals surface area (Å²) in [6, 6.07) is 14.0. The molecule has 0 saturated heterocycles. The van der Waals surface area contributed by atoms with Crippen molar-refractivity contribution < 1.29 is 24.2 Å². The van der Waals surface area contributed by atoms with E-state index in [0.29, 0.717) is 0 Å². The van der Waals surface area contributed by atoms with Crippen molar-refractivity contribution in [2.75, 3.05) is 27.2 Å². The smallest absolute Gasteiger partial charge is 0.407 e. The Morgan fingerprint density at radius 1 is 0.971 bits per heavy atom. The first-order chi connectivity index (χ1) is 16.0. The van der Waals surface area contributed by atoms with E-state index in [0.717, 1.165) is 22.3 Å². The van der Waals surface area contributed by atoms with Gasteiger partial charge in [0.1, 0.15) is 18.7 Å². The van der Waals surface area contributed by atoms with E-state index < -0.39 is 35.5 Å². The topological polar surface area (TPSA) is 108 Å². The highest BCUT2D eigenvalue weighted by Crippen LogP contribution is 2.44. The quantitative estimate of drug-likeness (QED) is 0.551. The predicted molar refractivity (Wildman–Crippen MR) is 130 cm³/mol. The third kappa shape index (κ3) is 5.75. The van der Waals surface area contributed by atoms with Gasteiger partial charge in [0.15, 0.2) is 0 Å². The largest absolute Gasteiger partial charge is 0.480 e. The molecule has 8 nitrogen and oxygen atoms in total. The summed E-state index contributed by atoms with van der Waals surface area (Å²) in [5.41, 5.74) is 3.73. The van der Waals surface area contributed by atoms with Crippen molar-refractivity contribution >= 4 is 18.0 Å². The van der Waals surface area contributed by atoms with Crippen molar-refractivity contribution in [3.63, 3.8) is 0 Å². The average Bonchev–Trinajstić information content (AvgIpc) is 3.08. The third-order valence-corrected chi connectivity index (χ3v) is 5.90. The number of benzene rings is 2. The fourth-order valence-electron chi connectivity index (χ4n) is 4.23. The first kappa shape index (κ1) is 25.2. The van der Waals surface area contributed by atoms with Gasteiger partial charge >= 0.3 is 12.1 Å². The number of nitrogens with zero attached hydrogens (tertiary/aromatic N) is 1. The minimum absolute atomic E-state index is 0.100. The first-order valence-corrected chi connectivity index (χ1v) is 11.3. The summed E-state index contributed by atoms with van der Waals surface area (Å²) in [5, 5.41) is 14.7. The van der Waals surface area contributed by atoms with Crippen LogP contribution in [-0.4, -0.2) is 67.3 Å². The van der Waals surface area contributed by atoms with Crippen LogP contribution in [0.1, 0.15) is 37.8 Å². The lowest BCUT2D eigenvalue weighted by molar-refractivity contribution is -0.145. The Balaban J connectivity index is 1.69. The molecule has 0 spiro atoms. The van der Waals surface area contributed by atoms with Crippen LogP contribution in [0.2, 0.25) is 0 Å². The van der Waals surface area contributed by atoms with E-state index >= 15 is 0 Å². The van der Waals surface area contributed by atoms with Crippen molar-refractivity contribution in [3.8, 4) is 11.1 Å². The van der Waals surface area contributed by atoms with Gasteiger partial charge in [0.05, 0.1) is 0 Å². The SMILES string of the molecule is CN(C)C[C@H](NC(=O)OCC1c2ccccc2-c2ccccc21)C(=O)N[C@H](C(=O)O)C(C)(C)C. The maximum atomic E-state index is 12.9. The molecule has 0 saturated carbocycles. The van der Waals surface area contributed by atoms with Crippen molar-refractivity contribution in [1.82, 2.24) is 15.5 Å². The standard InChI is InChI=1S/C26H33N3O5/c1-26(2,3)22(24(31)32)28-23(30)21(14-29(4)5)27-25(33)34-15-20-18-12-8-6-10-16(18)17-11-7-9-13-19(17)20/h6-13,20-22H,14-15H2,1-5H3,(H,27,33)(H,28,30)(H,31,32)/t21-,22+/m0/s1. The van der Waals surface area contributed by atoms with Crippen molar-refractivity contribution in [2.24, 2.45) is 5.41 Å². The molecule has 0 aromatic heterocycles. The summed E-state index contributed by atoms with van der Waals surface area (Å²) in [4.78, 5) is 39.0. The summed E-state index contributed by atoms with van der Waals surface area (Å²) >= 11 is 0. The molecular formula is C26H33N3O5. The van der Waals surface area contributed by atoms with E-state index in [-0.39, 0.29) is 19.1 Å². The molecule has 0 fully saturated rings. The monoisotopic (exact) mass is 467 g/mol. The van der Waals surface area contributed by atoms with E-state index in [1.54, 1.807) is 39.8 Å². The average molecular weight is 468 g/mol. The van der Waals surface area contributed by atoms with Gasteiger partial charge in [0.25, 0.3) is 0 Å². The Labute approximate surface area is 200 Å². The number of hydrogen-bond acceptors (Lipinski definition) is 5. The van der Waals surface area contributed by atoms with Gasteiger partial charge in [-0.05, 0) is 41.8 Å². The highest BCUT2D eigenvalue weighted by Gasteiger charge is 2.35. The Morgan fingerprint density at radius 2 is 1.50 bits per heavy atom. The van der Waals surface area contributed by atoms with Crippen molar-refractivity contribution in [2.45, 2.75) is 38.8 Å². The van der Waals surface area contributed by atoms with Gasteiger partial charge < -0.3 is 25.4 Å². The number of likely N-dealkylation sites (N-methyl/N-ethyl adjacent to an activating group) is 1. The van der Waals surface area contributed by atoms with Crippen molar-refractivity contribution in [1.29, 1.82) is 0 Å². The molecule has 0 radical (unpaired) electrons. The lowest BCUT2D eigenvalue weighted by Crippen LogP contribution is -2.57. The van der Waals surface area contributed by atoms with Gasteiger partial charge in [-0.1, -0.05) is 69.3 Å². The number of amides is 2. The van der Waals surface area contributed by atoms with E-state index in [1.165, 1.54) is 0 Å². The van der Waals surface area contributed by atoms with Crippen LogP contribution in [0.4, 0.5) is 4.79 Å². The third-order valence-electron chi connectivity index (χ3n) is 5.90. The summed E-state index contributed by atoms with van der Waals surface area (Å²) in [7, 11) is 3.52. The molecule has 0 bridgehead atoms. The number of aliphatic carboxylic acids is 1. The minimum Gasteiger partial charge on any atom is -0.480 e. The van der Waals surface area contributed by atoms with Crippen LogP contribution in [0, 0.1) is 5.41 Å². The van der Waals surface area contributed by atoms with Gasteiger partial charge in [-0.2, -0.15) is 0 Å². The normalized spacial score (nSPS) is 14.6. The van der Waals surface area contributed by atoms with E-state index in [9.17, 15) is 19.5 Å². The number of carbonyl (C=O) groups is 3. The van der Waals surface area contributed by atoms with Gasteiger partial charge in [-0.25, -0.2) is 9.59 Å². The van der Waals surface area contributed by atoms with Gasteiger partial charge in [0, 0.05) is 12.5 Å². The second-order valence-corrected chi connectivity index (χ2v) is 9.93. The van der Waals surface area contributed by atoms with Gasteiger partial charge in [-0.3, -0.25) is 4.79 Å². The molecular weight excluding hydrogens is 434 g/mol. The lowest BCUT2D eigenvalue weighted by atomic mass is 9.86. The van der Waals surface area contributed by atoms with Gasteiger partial charge in [-0.15, -0.1) is 0 Å². The number of fused-ring (bicyclic) bond motifs is 3. The number of rotatable bonds is 8. The van der Waals surface area contributed by atoms with E-state index in [2.05, 4.69) is 22.8 Å². The molecule has 2 aromatic carbocycles. The number of carboxylic acid groups (broad SMARTS) is 1. The Bertz CT molecular complexity index is 1010. The fraction of sp³-hybridized carbons (Fsp3) is 0.423. The molecule has 3 rings (SSSR count). The fourth-order valence-corrected chi connectivity index (χ4v) is 4.23. The summed E-state index contributed by atoms with van der Waals surface area (Å²) in [5.74, 6) is -1.81. The number of alkyl carbamates (subject to hydrolysis) is 1. The second-order valence-electron chi connectivity index (χ2n) is 9.93. The lowest BCUT2D eigenvalue weighted by Gasteiger charge is -2.30. The Hall–Kier alpha value is -3.39. The molecule has 0 unspecified atom stereocenters. The van der Waals surface area contributed by atoms with Crippen LogP contribution in [0.25, 0.3) is 11.1 Å². The minimum atomic E-state index is -1.13. The number of nitrogens with one attached hydrogen (secondary N) is 2. The Morgan fingerprint density at radius 3 is 1.97 bits per heavy atom. The number of ether oxygens (including phenoxy) is 1. The molecule has 182 valence electrons. The van der Waals surface area contributed by atoms with Crippen molar-refractivity contribution in [3.05, 3.63) is 59.7 Å². The molecule has 0 heterocycles. The maximum Gasteiger partial charge on any atom is 0.407 e. The Kier molecular flexibility index (Phi) is 7.61. The van der Waals surface area contributed by atoms with Crippen LogP contribution in [0.3, 0.4) is 0 Å². The molecule has 1 aliphatic rings. The maximum absolute atomic E-state index is 12.9. The molecule has 8 heteroatoms. The highest BCUT2D eigenvalue weighted by molar-refractivity contribution is 5.89. The first-order valence-electron chi connectivity index (χ1n) is 11.3. The number of carbonyl (C=O) groups excluding carboxylic acids is 2. The predicted octanol–water partition coefficient (Wildman–Crippen LogP) is 3.07. The van der Waals surface area contributed by atoms with Crippen LogP contribution >= 0.6 is 0 Å². The zero-order chi connectivity index (χ0) is 25.0. The number of hydrogen-bond donors (Lipinski definition) is 3. The zero-order valence-electron chi connectivity index (χ0n) is 20.3. The molecule has 1 aliphatic carbocycles. The van der Waals surface area contributed by atoms with Gasteiger partial charge in [0.2, 0.25) is 5.91 Å². The van der Waals surface area contributed by atoms with E-state index in [1.807, 2.05) is 36.4 Å². The molecule has 3 N–H and O–H groups in total. The molecule has 34 heavy (non-hydrogen) atoms. The molecule has 2 amide bonds. The molecule has 0 aliphatic heterocycles. The zero-order valence-corrected chi connectivity index (χ0v) is 20.3. The molecule has 2 atom stereocenters. The molecule has 2 aromatic rings. The second kappa shape index (κ2) is 10.3. The summed E-state index contributed by atoms with van der Waals surface area (Å²) < 4.78 is 5.56. The van der Waals surface area contributed by atoms with Crippen LogP contribution < -0.4 is 10.6 Å². The summed E-state index contributed by atoms with van der Waals surface area (Å²) in [6.07, 6.45) is -0.730. The number of carboxylic acids is 1. The van der Waals surface area contributed by atoms with Crippen LogP contribution in [0.5, 0.6) is 0 Å². The van der Waals surface area contributed by atoms with Crippen LogP contribution in [-0.2, 0) is 14.3 Å².